The number of pyridine rings is 1. The molecule has 1 heterocycles. The number of ether oxygens (including phenoxy) is 1. The Morgan fingerprint density at radius 2 is 1.90 bits per heavy atom. The minimum Gasteiger partial charge on any atom is -0.439 e. The number of nitrogens with zero attached hydrogens (tertiary/aromatic N) is 1. The summed E-state index contributed by atoms with van der Waals surface area (Å²) in [6.07, 6.45) is 2.42. The maximum atomic E-state index is 11.9. The molecule has 0 bridgehead atoms. The highest BCUT2D eigenvalue weighted by molar-refractivity contribution is 5.95. The van der Waals surface area contributed by atoms with Gasteiger partial charge in [-0.05, 0) is 36.1 Å². The first kappa shape index (κ1) is 26.6. The SMILES string of the molecule is CCc1cccc(Oc2ccc(NC(=O)CNC(=O)[C@@H](N)C(C)C)cn2)c1.Cl.Cl. The van der Waals surface area contributed by atoms with Gasteiger partial charge in [0, 0.05) is 6.07 Å². The predicted octanol–water partition coefficient (Wildman–Crippen LogP) is 3.32. The van der Waals surface area contributed by atoms with E-state index in [9.17, 15) is 9.59 Å². The fraction of sp³-hybridized carbons (Fsp3) is 0.350. The molecule has 1 aromatic heterocycles. The van der Waals surface area contributed by atoms with E-state index in [1.165, 1.54) is 11.8 Å². The Morgan fingerprint density at radius 3 is 2.48 bits per heavy atom. The first-order valence-electron chi connectivity index (χ1n) is 8.95. The average molecular weight is 443 g/mol. The molecule has 0 saturated carbocycles. The van der Waals surface area contributed by atoms with E-state index in [2.05, 4.69) is 22.5 Å². The molecule has 0 fully saturated rings. The molecule has 160 valence electrons. The summed E-state index contributed by atoms with van der Waals surface area (Å²) in [5.41, 5.74) is 7.42. The zero-order valence-electron chi connectivity index (χ0n) is 16.7. The van der Waals surface area contributed by atoms with E-state index < -0.39 is 6.04 Å². The quantitative estimate of drug-likeness (QED) is 0.581. The van der Waals surface area contributed by atoms with Crippen molar-refractivity contribution >= 4 is 42.3 Å². The van der Waals surface area contributed by atoms with Crippen molar-refractivity contribution in [1.82, 2.24) is 10.3 Å². The van der Waals surface area contributed by atoms with Crippen LogP contribution in [0.15, 0.2) is 42.6 Å². The molecule has 0 radical (unpaired) electrons. The van der Waals surface area contributed by atoms with Crippen LogP contribution < -0.4 is 21.1 Å². The summed E-state index contributed by atoms with van der Waals surface area (Å²) in [5.74, 6) is 0.435. The van der Waals surface area contributed by atoms with Crippen LogP contribution in [-0.2, 0) is 16.0 Å². The number of amides is 2. The summed E-state index contributed by atoms with van der Waals surface area (Å²) in [6.45, 7) is 5.62. The lowest BCUT2D eigenvalue weighted by molar-refractivity contribution is -0.125. The van der Waals surface area contributed by atoms with Crippen LogP contribution >= 0.6 is 24.8 Å². The molecule has 7 nitrogen and oxygen atoms in total. The van der Waals surface area contributed by atoms with Crippen molar-refractivity contribution in [3.05, 3.63) is 48.2 Å². The number of nitrogens with two attached hydrogens (primary N) is 1. The molecule has 2 amide bonds. The molecule has 0 aliphatic carbocycles. The zero-order chi connectivity index (χ0) is 19.8. The van der Waals surface area contributed by atoms with Crippen molar-refractivity contribution in [2.75, 3.05) is 11.9 Å². The molecule has 1 atom stereocenters. The Kier molecular flexibility index (Phi) is 11.9. The van der Waals surface area contributed by atoms with Crippen molar-refractivity contribution < 1.29 is 14.3 Å². The number of aryl methyl sites for hydroxylation is 1. The third-order valence-electron chi connectivity index (χ3n) is 3.99. The standard InChI is InChI=1S/C20H26N4O3.2ClH/c1-4-14-6-5-7-16(10-14)27-18-9-8-15(11-22-18)24-17(25)12-23-20(26)19(21)13(2)3;;/h5-11,13,19H,4,12,21H2,1-3H3,(H,23,26)(H,24,25);2*1H/t19-;;/m0../s1. The summed E-state index contributed by atoms with van der Waals surface area (Å²) in [4.78, 5) is 27.9. The number of carbonyl (C=O) groups excluding carboxylic acids is 2. The lowest BCUT2D eigenvalue weighted by atomic mass is 10.1. The van der Waals surface area contributed by atoms with Crippen LogP contribution in [0.1, 0.15) is 26.3 Å². The molecular formula is C20H28Cl2N4O3. The third-order valence-corrected chi connectivity index (χ3v) is 3.99. The van der Waals surface area contributed by atoms with Gasteiger partial charge < -0.3 is 21.1 Å². The normalized spacial score (nSPS) is 10.9. The molecule has 0 aliphatic heterocycles. The second kappa shape index (κ2) is 13.0. The molecular weight excluding hydrogens is 415 g/mol. The number of hydrogen-bond acceptors (Lipinski definition) is 5. The van der Waals surface area contributed by atoms with Crippen LogP contribution in [0.5, 0.6) is 11.6 Å². The molecule has 0 spiro atoms. The van der Waals surface area contributed by atoms with Crippen LogP contribution in [0.25, 0.3) is 0 Å². The van der Waals surface area contributed by atoms with E-state index in [-0.39, 0.29) is 49.1 Å². The first-order chi connectivity index (χ1) is 12.9. The van der Waals surface area contributed by atoms with E-state index in [0.29, 0.717) is 17.3 Å². The van der Waals surface area contributed by atoms with Crippen molar-refractivity contribution in [3.63, 3.8) is 0 Å². The number of halogens is 2. The molecule has 4 N–H and O–H groups in total. The van der Waals surface area contributed by atoms with Crippen LogP contribution in [0.3, 0.4) is 0 Å². The Hall–Kier alpha value is -2.35. The Balaban J connectivity index is 0.00000392. The number of benzene rings is 1. The highest BCUT2D eigenvalue weighted by Gasteiger charge is 2.17. The largest absolute Gasteiger partial charge is 0.439 e. The fourth-order valence-corrected chi connectivity index (χ4v) is 2.26. The third kappa shape index (κ3) is 8.68. The monoisotopic (exact) mass is 442 g/mol. The number of hydrogen-bond donors (Lipinski definition) is 3. The van der Waals surface area contributed by atoms with Crippen LogP contribution in [0.4, 0.5) is 5.69 Å². The van der Waals surface area contributed by atoms with Gasteiger partial charge in [-0.15, -0.1) is 24.8 Å². The Labute approximate surface area is 183 Å². The number of carbonyl (C=O) groups is 2. The van der Waals surface area contributed by atoms with Crippen molar-refractivity contribution in [1.29, 1.82) is 0 Å². The lowest BCUT2D eigenvalue weighted by Gasteiger charge is -2.15. The molecule has 2 aromatic rings. The van der Waals surface area contributed by atoms with Gasteiger partial charge >= 0.3 is 0 Å². The van der Waals surface area contributed by atoms with E-state index in [1.807, 2.05) is 38.1 Å². The maximum absolute atomic E-state index is 11.9. The van der Waals surface area contributed by atoms with Gasteiger partial charge in [-0.1, -0.05) is 32.9 Å². The molecule has 2 rings (SSSR count). The number of anilines is 1. The van der Waals surface area contributed by atoms with Gasteiger partial charge in [-0.3, -0.25) is 9.59 Å². The second-order valence-corrected chi connectivity index (χ2v) is 6.52. The van der Waals surface area contributed by atoms with Crippen molar-refractivity contribution in [3.8, 4) is 11.6 Å². The summed E-state index contributed by atoms with van der Waals surface area (Å²) in [7, 11) is 0. The zero-order valence-corrected chi connectivity index (χ0v) is 18.3. The Morgan fingerprint density at radius 1 is 1.17 bits per heavy atom. The van der Waals surface area contributed by atoms with Crippen LogP contribution in [-0.4, -0.2) is 29.4 Å². The van der Waals surface area contributed by atoms with Gasteiger partial charge in [0.15, 0.2) is 0 Å². The van der Waals surface area contributed by atoms with Gasteiger partial charge in [-0.25, -0.2) is 4.98 Å². The number of nitrogens with one attached hydrogen (secondary N) is 2. The summed E-state index contributed by atoms with van der Waals surface area (Å²) in [6, 6.07) is 10.5. The van der Waals surface area contributed by atoms with E-state index in [1.54, 1.807) is 12.1 Å². The van der Waals surface area contributed by atoms with Gasteiger partial charge in [-0.2, -0.15) is 0 Å². The predicted molar refractivity (Wildman–Crippen MR) is 119 cm³/mol. The summed E-state index contributed by atoms with van der Waals surface area (Å²) in [5, 5.41) is 5.18. The number of rotatable bonds is 8. The number of aromatic nitrogens is 1. The summed E-state index contributed by atoms with van der Waals surface area (Å²) < 4.78 is 5.71. The van der Waals surface area contributed by atoms with Crippen LogP contribution in [0, 0.1) is 5.92 Å². The van der Waals surface area contributed by atoms with Gasteiger partial charge in [0.1, 0.15) is 5.75 Å². The topological polar surface area (TPSA) is 106 Å². The van der Waals surface area contributed by atoms with Crippen LogP contribution in [0.2, 0.25) is 0 Å². The van der Waals surface area contributed by atoms with Crippen molar-refractivity contribution in [2.45, 2.75) is 33.2 Å². The van der Waals surface area contributed by atoms with E-state index in [0.717, 1.165) is 6.42 Å². The summed E-state index contributed by atoms with van der Waals surface area (Å²) >= 11 is 0. The molecule has 29 heavy (non-hydrogen) atoms. The minimum absolute atomic E-state index is 0. The van der Waals surface area contributed by atoms with Crippen molar-refractivity contribution in [2.24, 2.45) is 11.7 Å². The Bertz CT molecular complexity index is 786. The lowest BCUT2D eigenvalue weighted by Crippen LogP contribution is -2.46. The molecule has 9 heteroatoms. The maximum Gasteiger partial charge on any atom is 0.243 e. The minimum atomic E-state index is -0.637. The van der Waals surface area contributed by atoms with E-state index in [4.69, 9.17) is 10.5 Å². The average Bonchev–Trinajstić information content (AvgIpc) is 2.67. The fourth-order valence-electron chi connectivity index (χ4n) is 2.26. The highest BCUT2D eigenvalue weighted by atomic mass is 35.5. The highest BCUT2D eigenvalue weighted by Crippen LogP contribution is 2.21. The van der Waals surface area contributed by atoms with Gasteiger partial charge in [0.25, 0.3) is 0 Å². The first-order valence-corrected chi connectivity index (χ1v) is 8.95. The molecule has 0 aliphatic rings. The molecule has 1 aromatic carbocycles. The molecule has 0 saturated heterocycles. The van der Waals surface area contributed by atoms with Gasteiger partial charge in [0.05, 0.1) is 24.5 Å². The van der Waals surface area contributed by atoms with Gasteiger partial charge in [0.2, 0.25) is 17.7 Å². The smallest absolute Gasteiger partial charge is 0.243 e. The molecule has 0 unspecified atom stereocenters. The second-order valence-electron chi connectivity index (χ2n) is 6.52. The van der Waals surface area contributed by atoms with E-state index >= 15 is 0 Å².